The molecule has 0 bridgehead atoms. The Morgan fingerprint density at radius 1 is 1.33 bits per heavy atom. The normalized spacial score (nSPS) is 10.7. The van der Waals surface area contributed by atoms with Crippen molar-refractivity contribution in [2.75, 3.05) is 5.73 Å². The average Bonchev–Trinajstić information content (AvgIpc) is 2.97. The lowest BCUT2D eigenvalue weighted by Crippen LogP contribution is -2.02. The van der Waals surface area contributed by atoms with Crippen molar-refractivity contribution in [2.45, 2.75) is 0 Å². The Kier molecular flexibility index (Phi) is 2.56. The van der Waals surface area contributed by atoms with Gasteiger partial charge in [0, 0.05) is 4.47 Å². The van der Waals surface area contributed by atoms with Crippen LogP contribution in [0.3, 0.4) is 0 Å². The van der Waals surface area contributed by atoms with Crippen molar-refractivity contribution < 1.29 is 0 Å². The number of nitrogens with two attached hydrogens (primary N) is 1. The van der Waals surface area contributed by atoms with E-state index in [1.165, 1.54) is 0 Å². The van der Waals surface area contributed by atoms with Gasteiger partial charge in [0.2, 0.25) is 5.82 Å². The van der Waals surface area contributed by atoms with E-state index in [0.29, 0.717) is 17.2 Å². The molecule has 0 atom stereocenters. The highest BCUT2D eigenvalue weighted by Crippen LogP contribution is 2.25. The van der Waals surface area contributed by atoms with Crippen LogP contribution >= 0.6 is 15.9 Å². The van der Waals surface area contributed by atoms with Gasteiger partial charge in [-0.1, -0.05) is 22.0 Å². The lowest BCUT2D eigenvalue weighted by Gasteiger charge is -2.04. The number of aromatic amines is 1. The lowest BCUT2D eigenvalue weighted by molar-refractivity contribution is 0.881. The van der Waals surface area contributed by atoms with Gasteiger partial charge < -0.3 is 5.73 Å². The fraction of sp³-hybridized carbons (Fsp3) is 0. The highest BCUT2D eigenvalue weighted by Gasteiger charge is 2.14. The van der Waals surface area contributed by atoms with Gasteiger partial charge in [-0.3, -0.25) is 0 Å². The molecule has 90 valence electrons. The molecule has 0 aliphatic rings. The van der Waals surface area contributed by atoms with Gasteiger partial charge in [0.15, 0.2) is 0 Å². The first-order valence-electron chi connectivity index (χ1n) is 5.09. The van der Waals surface area contributed by atoms with Crippen LogP contribution in [0.4, 0.5) is 5.82 Å². The minimum absolute atomic E-state index is 0.425. The third kappa shape index (κ3) is 1.76. The molecule has 0 unspecified atom stereocenters. The first-order valence-corrected chi connectivity index (χ1v) is 5.88. The summed E-state index contributed by atoms with van der Waals surface area (Å²) in [5, 5.41) is 17.9. The van der Waals surface area contributed by atoms with E-state index in [0.717, 1.165) is 10.2 Å². The van der Waals surface area contributed by atoms with E-state index in [1.807, 2.05) is 24.3 Å². The van der Waals surface area contributed by atoms with E-state index >= 15 is 0 Å². The van der Waals surface area contributed by atoms with Gasteiger partial charge in [-0.25, -0.2) is 4.68 Å². The zero-order chi connectivity index (χ0) is 12.5. The third-order valence-corrected chi connectivity index (χ3v) is 2.94. The Balaban J connectivity index is 2.10. The van der Waals surface area contributed by atoms with Gasteiger partial charge >= 0.3 is 0 Å². The van der Waals surface area contributed by atoms with Crippen molar-refractivity contribution >= 4 is 21.7 Å². The summed E-state index contributed by atoms with van der Waals surface area (Å²) in [5.41, 5.74) is 7.54. The summed E-state index contributed by atoms with van der Waals surface area (Å²) in [6.45, 7) is 0. The fourth-order valence-corrected chi connectivity index (χ4v) is 2.01. The molecular formula is C10H8BrN7. The number of H-pyrrole nitrogens is 1. The molecule has 0 radical (unpaired) electrons. The van der Waals surface area contributed by atoms with Crippen LogP contribution in [0.5, 0.6) is 0 Å². The van der Waals surface area contributed by atoms with Crippen molar-refractivity contribution in [1.29, 1.82) is 0 Å². The van der Waals surface area contributed by atoms with Crippen LogP contribution in [0.25, 0.3) is 17.1 Å². The molecule has 8 heteroatoms. The summed E-state index contributed by atoms with van der Waals surface area (Å²) in [5.74, 6) is 0.892. The Morgan fingerprint density at radius 3 is 2.94 bits per heavy atom. The molecule has 0 aliphatic carbocycles. The van der Waals surface area contributed by atoms with Crippen LogP contribution in [0.15, 0.2) is 34.9 Å². The van der Waals surface area contributed by atoms with Crippen LogP contribution in [0, 0.1) is 0 Å². The maximum atomic E-state index is 6.04. The standard InChI is InChI=1S/C10H8BrN7/c11-6-2-1-3-7(4-6)18-9(12)8(5-13-18)10-14-16-17-15-10/h1-5H,12H2,(H,14,15,16,17). The van der Waals surface area contributed by atoms with Gasteiger partial charge in [-0.05, 0) is 23.4 Å². The summed E-state index contributed by atoms with van der Waals surface area (Å²) in [4.78, 5) is 0. The van der Waals surface area contributed by atoms with Gasteiger partial charge in [0.25, 0.3) is 0 Å². The van der Waals surface area contributed by atoms with Gasteiger partial charge in [-0.2, -0.15) is 10.3 Å². The molecule has 2 heterocycles. The smallest absolute Gasteiger partial charge is 0.209 e. The Hall–Kier alpha value is -2.22. The van der Waals surface area contributed by atoms with E-state index in [2.05, 4.69) is 41.7 Å². The molecular weight excluding hydrogens is 298 g/mol. The second kappa shape index (κ2) is 4.22. The molecule has 0 spiro atoms. The van der Waals surface area contributed by atoms with Crippen LogP contribution < -0.4 is 5.73 Å². The molecule has 7 nitrogen and oxygen atoms in total. The van der Waals surface area contributed by atoms with Crippen LogP contribution in [0.1, 0.15) is 0 Å². The number of tetrazole rings is 1. The second-order valence-electron chi connectivity index (χ2n) is 3.57. The molecule has 0 amide bonds. The number of rotatable bonds is 2. The quantitative estimate of drug-likeness (QED) is 0.745. The number of hydrogen-bond donors (Lipinski definition) is 2. The number of halogens is 1. The van der Waals surface area contributed by atoms with Crippen molar-refractivity contribution in [3.8, 4) is 17.1 Å². The van der Waals surface area contributed by atoms with Gasteiger partial charge in [-0.15, -0.1) is 10.2 Å². The predicted octanol–water partition coefficient (Wildman–Crippen LogP) is 1.40. The fourth-order valence-electron chi connectivity index (χ4n) is 1.62. The molecule has 3 rings (SSSR count). The summed E-state index contributed by atoms with van der Waals surface area (Å²) in [6, 6.07) is 7.68. The molecule has 1 aromatic carbocycles. The van der Waals surface area contributed by atoms with Crippen LogP contribution in [-0.4, -0.2) is 30.4 Å². The Bertz CT molecular complexity index is 673. The maximum absolute atomic E-state index is 6.04. The minimum atomic E-state index is 0.425. The first kappa shape index (κ1) is 10.9. The number of nitrogens with one attached hydrogen (secondary N) is 1. The van der Waals surface area contributed by atoms with E-state index in [4.69, 9.17) is 5.73 Å². The monoisotopic (exact) mass is 305 g/mol. The van der Waals surface area contributed by atoms with Crippen LogP contribution in [0.2, 0.25) is 0 Å². The molecule has 0 fully saturated rings. The van der Waals surface area contributed by atoms with Crippen molar-refractivity contribution in [3.63, 3.8) is 0 Å². The second-order valence-corrected chi connectivity index (χ2v) is 4.49. The SMILES string of the molecule is Nc1c(-c2nn[nH]n2)cnn1-c1cccc(Br)c1. The number of nitrogen functional groups attached to an aromatic ring is 1. The summed E-state index contributed by atoms with van der Waals surface area (Å²) in [7, 11) is 0. The summed E-state index contributed by atoms with van der Waals surface area (Å²) in [6.07, 6.45) is 1.61. The Morgan fingerprint density at radius 2 is 2.22 bits per heavy atom. The third-order valence-electron chi connectivity index (χ3n) is 2.45. The number of aromatic nitrogens is 6. The predicted molar refractivity (Wildman–Crippen MR) is 68.8 cm³/mol. The summed E-state index contributed by atoms with van der Waals surface area (Å²) >= 11 is 3.41. The highest BCUT2D eigenvalue weighted by atomic mass is 79.9. The minimum Gasteiger partial charge on any atom is -0.383 e. The van der Waals surface area contributed by atoms with E-state index in [9.17, 15) is 0 Å². The van der Waals surface area contributed by atoms with Crippen molar-refractivity contribution in [2.24, 2.45) is 0 Å². The molecule has 0 aliphatic heterocycles. The lowest BCUT2D eigenvalue weighted by atomic mass is 10.3. The van der Waals surface area contributed by atoms with E-state index < -0.39 is 0 Å². The Labute approximate surface area is 110 Å². The molecule has 3 aromatic rings. The van der Waals surface area contributed by atoms with Crippen molar-refractivity contribution in [1.82, 2.24) is 30.4 Å². The number of nitrogens with zero attached hydrogens (tertiary/aromatic N) is 5. The maximum Gasteiger partial charge on any atom is 0.209 e. The topological polar surface area (TPSA) is 98.3 Å². The molecule has 0 saturated carbocycles. The molecule has 0 saturated heterocycles. The van der Waals surface area contributed by atoms with E-state index in [1.54, 1.807) is 10.9 Å². The molecule has 18 heavy (non-hydrogen) atoms. The molecule has 3 N–H and O–H groups in total. The number of hydrogen-bond acceptors (Lipinski definition) is 5. The largest absolute Gasteiger partial charge is 0.383 e. The van der Waals surface area contributed by atoms with Crippen molar-refractivity contribution in [3.05, 3.63) is 34.9 Å². The highest BCUT2D eigenvalue weighted by molar-refractivity contribution is 9.10. The number of anilines is 1. The zero-order valence-corrected chi connectivity index (χ0v) is 10.7. The summed E-state index contributed by atoms with van der Waals surface area (Å²) < 4.78 is 2.58. The number of benzene rings is 1. The van der Waals surface area contributed by atoms with E-state index in [-0.39, 0.29) is 0 Å². The average molecular weight is 306 g/mol. The van der Waals surface area contributed by atoms with Crippen LogP contribution in [-0.2, 0) is 0 Å². The van der Waals surface area contributed by atoms with Gasteiger partial charge in [0.05, 0.1) is 17.4 Å². The van der Waals surface area contributed by atoms with Gasteiger partial charge in [0.1, 0.15) is 5.82 Å². The zero-order valence-electron chi connectivity index (χ0n) is 9.08. The first-order chi connectivity index (χ1) is 8.75. The molecule has 2 aromatic heterocycles.